The lowest BCUT2D eigenvalue weighted by Gasteiger charge is -2.17. The molecule has 142 valence electrons. The minimum atomic E-state index is 0.436. The molecule has 1 heterocycles. The number of benzene rings is 2. The Hall–Kier alpha value is -3.15. The molecule has 0 spiro atoms. The monoisotopic (exact) mass is 369 g/mol. The van der Waals surface area contributed by atoms with E-state index in [0.29, 0.717) is 40.0 Å². The summed E-state index contributed by atoms with van der Waals surface area (Å²) in [5, 5.41) is 4.21. The number of rotatable bonds is 7. The smallest absolute Gasteiger partial charge is 0.207 e. The van der Waals surface area contributed by atoms with Crippen molar-refractivity contribution in [1.29, 1.82) is 0 Å². The van der Waals surface area contributed by atoms with Crippen LogP contribution in [-0.2, 0) is 6.42 Å². The fraction of sp³-hybridized carbons (Fsp3) is 0.286. The molecule has 0 atom stereocenters. The first kappa shape index (κ1) is 18.6. The van der Waals surface area contributed by atoms with E-state index in [4.69, 9.17) is 23.5 Å². The summed E-state index contributed by atoms with van der Waals surface area (Å²) in [6.45, 7) is 2.12. The molecule has 27 heavy (non-hydrogen) atoms. The molecule has 3 rings (SSSR count). The molecule has 3 aromatic rings. The van der Waals surface area contributed by atoms with E-state index in [1.54, 1.807) is 34.5 Å². The second kappa shape index (κ2) is 8.03. The zero-order chi connectivity index (χ0) is 19.4. The fourth-order valence-electron chi connectivity index (χ4n) is 2.97. The van der Waals surface area contributed by atoms with E-state index in [1.807, 2.05) is 18.2 Å². The van der Waals surface area contributed by atoms with Crippen molar-refractivity contribution in [3.05, 3.63) is 42.0 Å². The molecule has 6 nitrogen and oxygen atoms in total. The third-order valence-corrected chi connectivity index (χ3v) is 4.42. The lowest BCUT2D eigenvalue weighted by Crippen LogP contribution is -1.99. The van der Waals surface area contributed by atoms with Crippen molar-refractivity contribution in [1.82, 2.24) is 5.16 Å². The van der Waals surface area contributed by atoms with Crippen LogP contribution in [0.1, 0.15) is 12.5 Å². The van der Waals surface area contributed by atoms with Crippen LogP contribution in [0, 0.1) is 0 Å². The first-order valence-corrected chi connectivity index (χ1v) is 8.60. The molecule has 2 aromatic carbocycles. The van der Waals surface area contributed by atoms with Gasteiger partial charge >= 0.3 is 0 Å². The van der Waals surface area contributed by atoms with Gasteiger partial charge in [-0.05, 0) is 18.1 Å². The number of hydrogen-bond acceptors (Lipinski definition) is 6. The van der Waals surface area contributed by atoms with E-state index in [9.17, 15) is 0 Å². The molecule has 1 aromatic heterocycles. The average Bonchev–Trinajstić information content (AvgIpc) is 3.21. The van der Waals surface area contributed by atoms with Crippen LogP contribution in [0.5, 0.6) is 23.0 Å². The Balaban J connectivity index is 2.09. The predicted octanol–water partition coefficient (Wildman–Crippen LogP) is 4.61. The molecule has 0 aliphatic carbocycles. The van der Waals surface area contributed by atoms with Gasteiger partial charge in [0.15, 0.2) is 17.3 Å². The Morgan fingerprint density at radius 1 is 0.815 bits per heavy atom. The molecule has 0 radical (unpaired) electrons. The lowest BCUT2D eigenvalue weighted by molar-refractivity contribution is 0.306. The van der Waals surface area contributed by atoms with Crippen molar-refractivity contribution in [2.24, 2.45) is 0 Å². The van der Waals surface area contributed by atoms with Crippen LogP contribution in [0.2, 0.25) is 0 Å². The van der Waals surface area contributed by atoms with Crippen LogP contribution in [0.3, 0.4) is 0 Å². The van der Waals surface area contributed by atoms with Crippen LogP contribution < -0.4 is 18.9 Å². The second-order valence-corrected chi connectivity index (χ2v) is 5.85. The first-order valence-electron chi connectivity index (χ1n) is 8.60. The van der Waals surface area contributed by atoms with E-state index in [1.165, 1.54) is 5.56 Å². The Morgan fingerprint density at radius 2 is 1.48 bits per heavy atom. The zero-order valence-electron chi connectivity index (χ0n) is 16.2. The molecule has 0 unspecified atom stereocenters. The molecule has 0 amide bonds. The fourth-order valence-corrected chi connectivity index (χ4v) is 2.97. The third kappa shape index (κ3) is 3.43. The highest BCUT2D eigenvalue weighted by Crippen LogP contribution is 2.50. The summed E-state index contributed by atoms with van der Waals surface area (Å²) in [4.78, 5) is 0. The van der Waals surface area contributed by atoms with Crippen LogP contribution in [0.15, 0.2) is 40.9 Å². The summed E-state index contributed by atoms with van der Waals surface area (Å²) < 4.78 is 27.5. The number of aromatic nitrogens is 1. The van der Waals surface area contributed by atoms with Gasteiger partial charge in [-0.3, -0.25) is 0 Å². The topological polar surface area (TPSA) is 63.0 Å². The highest BCUT2D eigenvalue weighted by molar-refractivity contribution is 5.79. The number of methoxy groups -OCH3 is 4. The maximum absolute atomic E-state index is 5.57. The Bertz CT molecular complexity index is 915. The standard InChI is InChI=1S/C21H23NO5/c1-6-13-7-9-14(10-8-13)17-12-16(22-27-17)15-11-18(23-2)20(25-4)21(26-5)19(15)24-3/h7-12H,6H2,1-5H3. The molecular formula is C21H23NO5. The van der Waals surface area contributed by atoms with Gasteiger partial charge in [-0.15, -0.1) is 0 Å². The average molecular weight is 369 g/mol. The van der Waals surface area contributed by atoms with Gasteiger partial charge in [-0.2, -0.15) is 0 Å². The molecule has 0 bridgehead atoms. The van der Waals surface area contributed by atoms with Crippen LogP contribution in [-0.4, -0.2) is 33.6 Å². The first-order chi connectivity index (χ1) is 13.2. The van der Waals surface area contributed by atoms with E-state index in [-0.39, 0.29) is 0 Å². The van der Waals surface area contributed by atoms with Gasteiger partial charge in [0.05, 0.1) is 34.0 Å². The Kier molecular flexibility index (Phi) is 5.54. The van der Waals surface area contributed by atoms with Gasteiger partial charge in [-0.1, -0.05) is 36.3 Å². The van der Waals surface area contributed by atoms with E-state index < -0.39 is 0 Å². The van der Waals surface area contributed by atoms with Crippen molar-refractivity contribution in [2.75, 3.05) is 28.4 Å². The van der Waals surface area contributed by atoms with Gasteiger partial charge in [0, 0.05) is 11.6 Å². The van der Waals surface area contributed by atoms with E-state index in [2.05, 4.69) is 24.2 Å². The van der Waals surface area contributed by atoms with Crippen LogP contribution >= 0.6 is 0 Å². The molecular weight excluding hydrogens is 346 g/mol. The molecule has 0 saturated carbocycles. The molecule has 0 aliphatic heterocycles. The van der Waals surface area contributed by atoms with Gasteiger partial charge < -0.3 is 23.5 Å². The van der Waals surface area contributed by atoms with Gasteiger partial charge in [-0.25, -0.2) is 0 Å². The predicted molar refractivity (Wildman–Crippen MR) is 103 cm³/mol. The number of hydrogen-bond donors (Lipinski definition) is 0. The van der Waals surface area contributed by atoms with Crippen molar-refractivity contribution < 1.29 is 23.5 Å². The normalized spacial score (nSPS) is 10.6. The summed E-state index contributed by atoms with van der Waals surface area (Å²) >= 11 is 0. The van der Waals surface area contributed by atoms with Gasteiger partial charge in [0.25, 0.3) is 0 Å². The Morgan fingerprint density at radius 3 is 2.04 bits per heavy atom. The Labute approximate surface area is 158 Å². The van der Waals surface area contributed by atoms with E-state index in [0.717, 1.165) is 12.0 Å². The summed E-state index contributed by atoms with van der Waals surface area (Å²) in [5.74, 6) is 2.58. The lowest BCUT2D eigenvalue weighted by atomic mass is 10.1. The van der Waals surface area contributed by atoms with Crippen molar-refractivity contribution in [2.45, 2.75) is 13.3 Å². The van der Waals surface area contributed by atoms with Crippen LogP contribution in [0.25, 0.3) is 22.6 Å². The molecule has 0 aliphatic rings. The largest absolute Gasteiger partial charge is 0.493 e. The summed E-state index contributed by atoms with van der Waals surface area (Å²) in [5.41, 5.74) is 3.52. The maximum Gasteiger partial charge on any atom is 0.207 e. The van der Waals surface area contributed by atoms with Crippen molar-refractivity contribution >= 4 is 0 Å². The summed E-state index contributed by atoms with van der Waals surface area (Å²) in [7, 11) is 6.23. The highest BCUT2D eigenvalue weighted by Gasteiger charge is 2.24. The molecule has 0 saturated heterocycles. The number of ether oxygens (including phenoxy) is 4. The highest BCUT2D eigenvalue weighted by atomic mass is 16.5. The maximum atomic E-state index is 5.57. The molecule has 0 fully saturated rings. The number of aryl methyl sites for hydroxylation is 1. The number of nitrogens with zero attached hydrogens (tertiary/aromatic N) is 1. The van der Waals surface area contributed by atoms with E-state index >= 15 is 0 Å². The minimum Gasteiger partial charge on any atom is -0.493 e. The van der Waals surface area contributed by atoms with Crippen LogP contribution in [0.4, 0.5) is 0 Å². The summed E-state index contributed by atoms with van der Waals surface area (Å²) in [6, 6.07) is 11.9. The van der Waals surface area contributed by atoms with Gasteiger partial charge in [0.2, 0.25) is 11.5 Å². The quantitative estimate of drug-likeness (QED) is 0.606. The third-order valence-electron chi connectivity index (χ3n) is 4.42. The summed E-state index contributed by atoms with van der Waals surface area (Å²) in [6.07, 6.45) is 0.991. The minimum absolute atomic E-state index is 0.436. The van der Waals surface area contributed by atoms with Crippen molar-refractivity contribution in [3.63, 3.8) is 0 Å². The van der Waals surface area contributed by atoms with Crippen molar-refractivity contribution in [3.8, 4) is 45.6 Å². The SMILES string of the molecule is CCc1ccc(-c2cc(-c3cc(OC)c(OC)c(OC)c3OC)no2)cc1. The van der Waals surface area contributed by atoms with Gasteiger partial charge in [0.1, 0.15) is 5.69 Å². The molecule has 0 N–H and O–H groups in total. The second-order valence-electron chi connectivity index (χ2n) is 5.85. The zero-order valence-corrected chi connectivity index (χ0v) is 16.2. The molecule has 6 heteroatoms.